The predicted molar refractivity (Wildman–Crippen MR) is 124 cm³/mol. The molecule has 190 valence electrons. The zero-order valence-corrected chi connectivity index (χ0v) is 21.0. The van der Waals surface area contributed by atoms with Gasteiger partial charge < -0.3 is 19.1 Å². The van der Waals surface area contributed by atoms with Gasteiger partial charge in [0.2, 0.25) is 21.8 Å². The lowest BCUT2D eigenvalue weighted by Gasteiger charge is -2.32. The molecule has 1 aromatic rings. The molecule has 1 aliphatic rings. The zero-order valence-electron chi connectivity index (χ0n) is 20.2. The minimum atomic E-state index is -3.79. The van der Waals surface area contributed by atoms with Crippen molar-refractivity contribution < 1.29 is 27.5 Å². The van der Waals surface area contributed by atoms with Crippen LogP contribution >= 0.6 is 0 Å². The van der Waals surface area contributed by atoms with Gasteiger partial charge in [0.05, 0.1) is 24.0 Å². The van der Waals surface area contributed by atoms with Crippen molar-refractivity contribution in [1.29, 1.82) is 0 Å². The smallest absolute Gasteiger partial charge is 0.309 e. The van der Waals surface area contributed by atoms with Crippen molar-refractivity contribution in [3.8, 4) is 0 Å². The highest BCUT2D eigenvalue weighted by Gasteiger charge is 2.29. The topological polar surface area (TPSA) is 126 Å². The van der Waals surface area contributed by atoms with Gasteiger partial charge in [0, 0.05) is 45.5 Å². The Labute approximate surface area is 200 Å². The maximum atomic E-state index is 12.7. The number of hydrogen-bond acceptors (Lipinski definition) is 7. The number of sulfonamides is 1. The number of aromatic nitrogens is 1. The normalized spacial score (nSPS) is 14.8. The van der Waals surface area contributed by atoms with Gasteiger partial charge in [-0.2, -0.15) is 4.31 Å². The average Bonchev–Trinajstić information content (AvgIpc) is 2.81. The molecule has 0 atom stereocenters. The number of pyridine rings is 1. The van der Waals surface area contributed by atoms with Crippen LogP contribution in [0.15, 0.2) is 28.0 Å². The van der Waals surface area contributed by atoms with Crippen LogP contribution in [0.2, 0.25) is 0 Å². The molecule has 1 aliphatic heterocycles. The summed E-state index contributed by atoms with van der Waals surface area (Å²) >= 11 is 0. The Bertz CT molecular complexity index is 1040. The molecular weight excluding hydrogens is 464 g/mol. The van der Waals surface area contributed by atoms with Crippen molar-refractivity contribution in [3.05, 3.63) is 28.7 Å². The van der Waals surface area contributed by atoms with E-state index in [0.717, 1.165) is 16.8 Å². The van der Waals surface area contributed by atoms with Crippen molar-refractivity contribution in [1.82, 2.24) is 18.7 Å². The summed E-state index contributed by atoms with van der Waals surface area (Å²) in [5.41, 5.74) is -0.521. The van der Waals surface area contributed by atoms with Gasteiger partial charge in [-0.25, -0.2) is 8.42 Å². The number of esters is 1. The molecule has 1 aromatic heterocycles. The standard InChI is InChI=1S/C22H34N4O7S/c1-5-26(6-2)34(31,32)18-8-9-19(27)25(14-18)16-20(28)23(4)15-21(29)24-12-10-17(11-13-24)22(30)33-7-3/h8-9,14,17H,5-7,10-13,15-16H2,1-4H3. The summed E-state index contributed by atoms with van der Waals surface area (Å²) in [5, 5.41) is 0. The number of rotatable bonds is 10. The average molecular weight is 499 g/mol. The van der Waals surface area contributed by atoms with E-state index < -0.39 is 28.0 Å². The van der Waals surface area contributed by atoms with Crippen LogP contribution in [0.1, 0.15) is 33.6 Å². The molecule has 0 spiro atoms. The van der Waals surface area contributed by atoms with Crippen LogP contribution in [-0.2, 0) is 35.7 Å². The minimum absolute atomic E-state index is 0.0770. The molecule has 0 N–H and O–H groups in total. The largest absolute Gasteiger partial charge is 0.466 e. The highest BCUT2D eigenvalue weighted by molar-refractivity contribution is 7.89. The first-order chi connectivity index (χ1) is 16.0. The highest BCUT2D eigenvalue weighted by Crippen LogP contribution is 2.19. The Balaban J connectivity index is 2.00. The van der Waals surface area contributed by atoms with Crippen LogP contribution in [-0.4, -0.2) is 91.3 Å². The van der Waals surface area contributed by atoms with Gasteiger partial charge >= 0.3 is 5.97 Å². The Kier molecular flexibility index (Phi) is 9.80. The summed E-state index contributed by atoms with van der Waals surface area (Å²) in [5.74, 6) is -1.25. The number of ether oxygens (including phenoxy) is 1. The van der Waals surface area contributed by atoms with Gasteiger partial charge in [-0.05, 0) is 25.8 Å². The number of hydrogen-bond donors (Lipinski definition) is 0. The Hall–Kier alpha value is -2.73. The van der Waals surface area contributed by atoms with E-state index in [-0.39, 0.29) is 42.3 Å². The van der Waals surface area contributed by atoms with Crippen molar-refractivity contribution in [2.45, 2.75) is 45.1 Å². The Morgan fingerprint density at radius 3 is 2.26 bits per heavy atom. The van der Waals surface area contributed by atoms with Crippen molar-refractivity contribution in [2.24, 2.45) is 5.92 Å². The molecule has 12 heteroatoms. The Morgan fingerprint density at radius 1 is 1.09 bits per heavy atom. The number of likely N-dealkylation sites (tertiary alicyclic amines) is 1. The number of piperidine rings is 1. The lowest BCUT2D eigenvalue weighted by Crippen LogP contribution is -2.46. The predicted octanol–water partition coefficient (Wildman–Crippen LogP) is 0.139. The first-order valence-corrected chi connectivity index (χ1v) is 12.9. The van der Waals surface area contributed by atoms with Gasteiger partial charge in [-0.15, -0.1) is 0 Å². The van der Waals surface area contributed by atoms with Crippen LogP contribution in [0.5, 0.6) is 0 Å². The minimum Gasteiger partial charge on any atom is -0.466 e. The van der Waals surface area contributed by atoms with Crippen LogP contribution in [0.4, 0.5) is 0 Å². The summed E-state index contributed by atoms with van der Waals surface area (Å²) in [6.07, 6.45) is 2.17. The molecule has 0 unspecified atom stereocenters. The van der Waals surface area contributed by atoms with E-state index in [1.54, 1.807) is 25.7 Å². The summed E-state index contributed by atoms with van der Waals surface area (Å²) in [6, 6.07) is 2.34. The second kappa shape index (κ2) is 12.1. The first kappa shape index (κ1) is 27.5. The quantitative estimate of drug-likeness (QED) is 0.420. The van der Waals surface area contributed by atoms with Gasteiger partial charge in [-0.1, -0.05) is 13.8 Å². The summed E-state index contributed by atoms with van der Waals surface area (Å²) in [4.78, 5) is 52.1. The molecule has 2 heterocycles. The van der Waals surface area contributed by atoms with Crippen LogP contribution in [0.3, 0.4) is 0 Å². The van der Waals surface area contributed by atoms with Crippen LogP contribution < -0.4 is 5.56 Å². The van der Waals surface area contributed by atoms with E-state index in [1.165, 1.54) is 22.3 Å². The molecule has 1 fully saturated rings. The van der Waals surface area contributed by atoms with Gasteiger partial charge in [-0.3, -0.25) is 19.2 Å². The fourth-order valence-electron chi connectivity index (χ4n) is 3.78. The maximum absolute atomic E-state index is 12.7. The van der Waals surface area contributed by atoms with Crippen LogP contribution in [0, 0.1) is 5.92 Å². The molecule has 0 aliphatic carbocycles. The summed E-state index contributed by atoms with van der Waals surface area (Å²) in [7, 11) is -2.34. The maximum Gasteiger partial charge on any atom is 0.309 e. The number of amides is 2. The molecule has 34 heavy (non-hydrogen) atoms. The number of carbonyl (C=O) groups excluding carboxylic acids is 3. The van der Waals surface area contributed by atoms with E-state index in [1.807, 2.05) is 0 Å². The molecule has 1 saturated heterocycles. The Morgan fingerprint density at radius 2 is 1.71 bits per heavy atom. The third-order valence-electron chi connectivity index (χ3n) is 5.87. The molecule has 0 saturated carbocycles. The number of likely N-dealkylation sites (N-methyl/N-ethyl adjacent to an activating group) is 1. The van der Waals surface area contributed by atoms with Crippen LogP contribution in [0.25, 0.3) is 0 Å². The first-order valence-electron chi connectivity index (χ1n) is 11.4. The van der Waals surface area contributed by atoms with Crippen molar-refractivity contribution in [2.75, 3.05) is 46.4 Å². The second-order valence-corrected chi connectivity index (χ2v) is 10.0. The molecular formula is C22H34N4O7S. The lowest BCUT2D eigenvalue weighted by molar-refractivity contribution is -0.151. The number of nitrogens with zero attached hydrogens (tertiary/aromatic N) is 4. The highest BCUT2D eigenvalue weighted by atomic mass is 32.2. The summed E-state index contributed by atoms with van der Waals surface area (Å²) < 4.78 is 32.8. The van der Waals surface area contributed by atoms with E-state index in [9.17, 15) is 27.6 Å². The van der Waals surface area contributed by atoms with Gasteiger partial charge in [0.15, 0.2) is 0 Å². The van der Waals surface area contributed by atoms with Gasteiger partial charge in [0.25, 0.3) is 5.56 Å². The summed E-state index contributed by atoms with van der Waals surface area (Å²) in [6.45, 7) is 6.26. The van der Waals surface area contributed by atoms with E-state index >= 15 is 0 Å². The molecule has 2 rings (SSSR count). The fourth-order valence-corrected chi connectivity index (χ4v) is 5.26. The molecule has 0 aromatic carbocycles. The van der Waals surface area contributed by atoms with Crippen molar-refractivity contribution >= 4 is 27.8 Å². The second-order valence-electron chi connectivity index (χ2n) is 8.08. The molecule has 0 bridgehead atoms. The van der Waals surface area contributed by atoms with E-state index in [2.05, 4.69) is 0 Å². The third kappa shape index (κ3) is 6.66. The molecule has 2 amide bonds. The van der Waals surface area contributed by atoms with E-state index in [0.29, 0.717) is 32.5 Å². The van der Waals surface area contributed by atoms with E-state index in [4.69, 9.17) is 4.74 Å². The lowest BCUT2D eigenvalue weighted by atomic mass is 9.97. The molecule has 0 radical (unpaired) electrons. The van der Waals surface area contributed by atoms with Crippen molar-refractivity contribution in [3.63, 3.8) is 0 Å². The number of carbonyl (C=O) groups is 3. The monoisotopic (exact) mass is 498 g/mol. The SMILES string of the molecule is CCOC(=O)C1CCN(C(=O)CN(C)C(=O)Cn2cc(S(=O)(=O)N(CC)CC)ccc2=O)CC1. The third-order valence-corrected chi connectivity index (χ3v) is 7.90. The molecule has 11 nitrogen and oxygen atoms in total. The fraction of sp³-hybridized carbons (Fsp3) is 0.636. The van der Waals surface area contributed by atoms with Gasteiger partial charge in [0.1, 0.15) is 6.54 Å². The zero-order chi connectivity index (χ0) is 25.5.